The van der Waals surface area contributed by atoms with Crippen LogP contribution in [0.3, 0.4) is 0 Å². The van der Waals surface area contributed by atoms with E-state index in [1.54, 1.807) is 17.3 Å². The van der Waals surface area contributed by atoms with Gasteiger partial charge in [-0.25, -0.2) is 0 Å². The summed E-state index contributed by atoms with van der Waals surface area (Å²) in [5, 5.41) is 9.04. The fourth-order valence-electron chi connectivity index (χ4n) is 2.16. The molecule has 0 unspecified atom stereocenters. The van der Waals surface area contributed by atoms with Gasteiger partial charge in [-0.1, -0.05) is 6.92 Å². The summed E-state index contributed by atoms with van der Waals surface area (Å²) in [6.07, 6.45) is 3.37. The first-order valence-corrected chi connectivity index (χ1v) is 7.10. The van der Waals surface area contributed by atoms with E-state index in [0.717, 1.165) is 4.90 Å². The van der Waals surface area contributed by atoms with Crippen LogP contribution >= 0.6 is 11.8 Å². The largest absolute Gasteiger partial charge is 0.481 e. The molecule has 2 heterocycles. The number of pyridine rings is 1. The Labute approximate surface area is 116 Å². The predicted molar refractivity (Wildman–Crippen MR) is 71.8 cm³/mol. The predicted octanol–water partition coefficient (Wildman–Crippen LogP) is 1.35. The second-order valence-electron chi connectivity index (χ2n) is 4.69. The van der Waals surface area contributed by atoms with Gasteiger partial charge in [-0.05, 0) is 18.1 Å². The minimum absolute atomic E-state index is 0.00240. The molecule has 102 valence electrons. The Morgan fingerprint density at radius 1 is 1.42 bits per heavy atom. The van der Waals surface area contributed by atoms with Crippen molar-refractivity contribution >= 4 is 23.6 Å². The van der Waals surface area contributed by atoms with Gasteiger partial charge in [-0.2, -0.15) is 0 Å². The summed E-state index contributed by atoms with van der Waals surface area (Å²) in [6.45, 7) is 2.74. The van der Waals surface area contributed by atoms with Gasteiger partial charge in [0.05, 0.1) is 11.7 Å². The minimum atomic E-state index is -0.815. The summed E-state index contributed by atoms with van der Waals surface area (Å²) in [4.78, 5) is 29.6. The molecule has 1 aromatic heterocycles. The standard InChI is InChI=1S/C13H16N2O3S/c1-9-6-15(7-11(9)13(17)18)12(16)8-19-10-2-4-14-5-3-10/h2-5,9,11H,6-8H2,1H3,(H,17,18)/t9-,11-/m1/s1. The van der Waals surface area contributed by atoms with E-state index >= 15 is 0 Å². The lowest BCUT2D eigenvalue weighted by Crippen LogP contribution is -2.31. The van der Waals surface area contributed by atoms with Crippen LogP contribution in [0, 0.1) is 11.8 Å². The van der Waals surface area contributed by atoms with Gasteiger partial charge >= 0.3 is 5.97 Å². The normalized spacial score (nSPS) is 22.5. The molecule has 5 nitrogen and oxygen atoms in total. The highest BCUT2D eigenvalue weighted by Crippen LogP contribution is 2.25. The highest BCUT2D eigenvalue weighted by Gasteiger charge is 2.36. The first-order valence-electron chi connectivity index (χ1n) is 6.11. The minimum Gasteiger partial charge on any atom is -0.481 e. The zero-order valence-electron chi connectivity index (χ0n) is 10.7. The van der Waals surface area contributed by atoms with Crippen molar-refractivity contribution in [3.8, 4) is 0 Å². The number of carbonyl (C=O) groups excluding carboxylic acids is 1. The lowest BCUT2D eigenvalue weighted by Gasteiger charge is -2.15. The van der Waals surface area contributed by atoms with Gasteiger partial charge in [-0.3, -0.25) is 14.6 Å². The van der Waals surface area contributed by atoms with Crippen LogP contribution in [0.1, 0.15) is 6.92 Å². The molecule has 1 aliphatic rings. The fraction of sp³-hybridized carbons (Fsp3) is 0.462. The number of carboxylic acids is 1. The number of likely N-dealkylation sites (tertiary alicyclic amines) is 1. The van der Waals surface area contributed by atoms with E-state index in [1.165, 1.54) is 11.8 Å². The lowest BCUT2D eigenvalue weighted by atomic mass is 9.99. The van der Waals surface area contributed by atoms with Crippen molar-refractivity contribution in [2.75, 3.05) is 18.8 Å². The zero-order chi connectivity index (χ0) is 13.8. The summed E-state index contributed by atoms with van der Waals surface area (Å²) in [6, 6.07) is 3.70. The van der Waals surface area contributed by atoms with Gasteiger partial charge < -0.3 is 10.0 Å². The summed E-state index contributed by atoms with van der Waals surface area (Å²) < 4.78 is 0. The number of thioether (sulfide) groups is 1. The first-order chi connectivity index (χ1) is 9.08. The third-order valence-electron chi connectivity index (χ3n) is 3.29. The van der Waals surface area contributed by atoms with Crippen LogP contribution in [0.15, 0.2) is 29.4 Å². The molecule has 2 rings (SSSR count). The van der Waals surface area contributed by atoms with Crippen molar-refractivity contribution in [3.63, 3.8) is 0 Å². The second-order valence-corrected chi connectivity index (χ2v) is 5.74. The van der Waals surface area contributed by atoms with Crippen molar-refractivity contribution in [1.29, 1.82) is 0 Å². The average Bonchev–Trinajstić information content (AvgIpc) is 2.79. The molecule has 1 saturated heterocycles. The van der Waals surface area contributed by atoms with E-state index in [0.29, 0.717) is 18.8 Å². The van der Waals surface area contributed by atoms with Crippen LogP contribution in [0.25, 0.3) is 0 Å². The lowest BCUT2D eigenvalue weighted by molar-refractivity contribution is -0.142. The van der Waals surface area contributed by atoms with E-state index in [4.69, 9.17) is 5.11 Å². The van der Waals surface area contributed by atoms with Crippen molar-refractivity contribution in [2.24, 2.45) is 11.8 Å². The van der Waals surface area contributed by atoms with Gasteiger partial charge in [0, 0.05) is 30.4 Å². The molecule has 0 radical (unpaired) electrons. The van der Waals surface area contributed by atoms with Gasteiger partial charge in [-0.15, -0.1) is 11.8 Å². The molecule has 0 spiro atoms. The Kier molecular flexibility index (Phi) is 4.42. The summed E-state index contributed by atoms with van der Waals surface area (Å²) in [5.74, 6) is -0.896. The van der Waals surface area contributed by atoms with Crippen molar-refractivity contribution < 1.29 is 14.7 Å². The number of hydrogen-bond donors (Lipinski definition) is 1. The van der Waals surface area contributed by atoms with Crippen LogP contribution in [-0.2, 0) is 9.59 Å². The quantitative estimate of drug-likeness (QED) is 0.843. The van der Waals surface area contributed by atoms with Crippen LogP contribution in [-0.4, -0.2) is 45.7 Å². The van der Waals surface area contributed by atoms with Crippen molar-refractivity contribution in [2.45, 2.75) is 11.8 Å². The number of carboxylic acid groups (broad SMARTS) is 1. The summed E-state index contributed by atoms with van der Waals surface area (Å²) >= 11 is 1.45. The number of aromatic nitrogens is 1. The van der Waals surface area contributed by atoms with Gasteiger partial charge in [0.15, 0.2) is 0 Å². The third-order valence-corrected chi connectivity index (χ3v) is 4.29. The smallest absolute Gasteiger partial charge is 0.308 e. The highest BCUT2D eigenvalue weighted by molar-refractivity contribution is 8.00. The van der Waals surface area contributed by atoms with Crippen LogP contribution in [0.2, 0.25) is 0 Å². The highest BCUT2D eigenvalue weighted by atomic mass is 32.2. The Bertz CT molecular complexity index is 466. The van der Waals surface area contributed by atoms with E-state index < -0.39 is 11.9 Å². The molecule has 1 aromatic rings. The topological polar surface area (TPSA) is 70.5 Å². The Hall–Kier alpha value is -1.56. The van der Waals surface area contributed by atoms with Crippen molar-refractivity contribution in [1.82, 2.24) is 9.88 Å². The molecule has 0 bridgehead atoms. The van der Waals surface area contributed by atoms with Crippen LogP contribution < -0.4 is 0 Å². The SMILES string of the molecule is C[C@@H]1CN(C(=O)CSc2ccncc2)C[C@H]1C(=O)O. The molecule has 0 saturated carbocycles. The second kappa shape index (κ2) is 6.06. The molecule has 6 heteroatoms. The van der Waals surface area contributed by atoms with E-state index in [1.807, 2.05) is 19.1 Å². The Balaban J connectivity index is 1.86. The number of nitrogens with zero attached hydrogens (tertiary/aromatic N) is 2. The number of hydrogen-bond acceptors (Lipinski definition) is 4. The molecule has 0 aliphatic carbocycles. The maximum atomic E-state index is 12.0. The maximum absolute atomic E-state index is 12.0. The van der Waals surface area contributed by atoms with Crippen LogP contribution in [0.5, 0.6) is 0 Å². The maximum Gasteiger partial charge on any atom is 0.308 e. The molecular formula is C13H16N2O3S. The number of aliphatic carboxylic acids is 1. The van der Waals surface area contributed by atoms with E-state index in [2.05, 4.69) is 4.98 Å². The first kappa shape index (κ1) is 13.9. The molecular weight excluding hydrogens is 264 g/mol. The van der Waals surface area contributed by atoms with E-state index in [-0.39, 0.29) is 11.8 Å². The fourth-order valence-corrected chi connectivity index (χ4v) is 2.95. The number of rotatable bonds is 4. The molecule has 0 aromatic carbocycles. The Morgan fingerprint density at radius 2 is 2.11 bits per heavy atom. The van der Waals surface area contributed by atoms with Gasteiger partial charge in [0.1, 0.15) is 0 Å². The molecule has 19 heavy (non-hydrogen) atoms. The molecule has 2 atom stereocenters. The number of carbonyl (C=O) groups is 2. The molecule has 1 N–H and O–H groups in total. The molecule has 1 amide bonds. The Morgan fingerprint density at radius 3 is 2.68 bits per heavy atom. The summed E-state index contributed by atoms with van der Waals surface area (Å²) in [5.41, 5.74) is 0. The van der Waals surface area contributed by atoms with Crippen LogP contribution in [0.4, 0.5) is 0 Å². The van der Waals surface area contributed by atoms with Gasteiger partial charge in [0.2, 0.25) is 5.91 Å². The molecule has 1 aliphatic heterocycles. The number of amides is 1. The monoisotopic (exact) mass is 280 g/mol. The average molecular weight is 280 g/mol. The third kappa shape index (κ3) is 3.47. The van der Waals surface area contributed by atoms with Gasteiger partial charge in [0.25, 0.3) is 0 Å². The zero-order valence-corrected chi connectivity index (χ0v) is 11.5. The van der Waals surface area contributed by atoms with E-state index in [9.17, 15) is 9.59 Å². The molecule has 1 fully saturated rings. The summed E-state index contributed by atoms with van der Waals surface area (Å²) in [7, 11) is 0. The van der Waals surface area contributed by atoms with Crippen molar-refractivity contribution in [3.05, 3.63) is 24.5 Å².